The number of fused-ring (bicyclic) bond motifs is 3. The summed E-state index contributed by atoms with van der Waals surface area (Å²) in [6.45, 7) is 0. The highest BCUT2D eigenvalue weighted by Gasteiger charge is 2.21. The maximum absolute atomic E-state index is 6.31. The molecule has 0 saturated heterocycles. The quantitative estimate of drug-likeness (QED) is 0.243. The molecule has 1 aliphatic heterocycles. The van der Waals surface area contributed by atoms with Crippen LogP contribution in [0.1, 0.15) is 0 Å². The van der Waals surface area contributed by atoms with Crippen molar-refractivity contribution in [2.75, 3.05) is 0 Å². The number of rotatable bonds is 3. The van der Waals surface area contributed by atoms with E-state index in [9.17, 15) is 0 Å². The molecule has 8 rings (SSSR count). The number of para-hydroxylation sites is 1. The largest absolute Gasteiger partial charge is 0.456 e. The second-order valence-corrected chi connectivity index (χ2v) is 9.83. The molecular formula is C36H22N2O. The van der Waals surface area contributed by atoms with Gasteiger partial charge >= 0.3 is 0 Å². The molecule has 0 aliphatic carbocycles. The van der Waals surface area contributed by atoms with E-state index in [-0.39, 0.29) is 0 Å². The second kappa shape index (κ2) is 8.64. The van der Waals surface area contributed by atoms with Crippen LogP contribution < -0.4 is 4.74 Å². The molecule has 1 aliphatic rings. The summed E-state index contributed by atoms with van der Waals surface area (Å²) in [5, 5.41) is 3.35. The highest BCUT2D eigenvalue weighted by atomic mass is 16.5. The van der Waals surface area contributed by atoms with Gasteiger partial charge in [-0.1, -0.05) is 103 Å². The summed E-state index contributed by atoms with van der Waals surface area (Å²) in [5.41, 5.74) is 8.48. The van der Waals surface area contributed by atoms with E-state index in [1.165, 1.54) is 22.1 Å². The van der Waals surface area contributed by atoms with Crippen molar-refractivity contribution < 1.29 is 4.74 Å². The lowest BCUT2D eigenvalue weighted by molar-refractivity contribution is 0.487. The molecule has 0 saturated carbocycles. The zero-order valence-electron chi connectivity index (χ0n) is 21.0. The standard InChI is InChI=1S/C36H22N2O/c1-2-8-23(9-3-1)24-16-18-26(19-17-24)35-29-12-4-5-14-31(29)37-36(38-35)27-20-21-32-30(22-27)28-13-6-10-25-11-7-15-33(39-32)34(25)28/h1-22H. The fraction of sp³-hybridized carbons (Fsp3) is 0. The predicted octanol–water partition coefficient (Wildman–Crippen LogP) is 9.56. The molecule has 0 bridgehead atoms. The van der Waals surface area contributed by atoms with Crippen LogP contribution in [0.3, 0.4) is 0 Å². The third-order valence-electron chi connectivity index (χ3n) is 7.48. The van der Waals surface area contributed by atoms with Crippen molar-refractivity contribution >= 4 is 21.7 Å². The average molecular weight is 499 g/mol. The molecule has 0 radical (unpaired) electrons. The van der Waals surface area contributed by atoms with E-state index >= 15 is 0 Å². The Morgan fingerprint density at radius 1 is 0.462 bits per heavy atom. The van der Waals surface area contributed by atoms with Crippen LogP contribution in [0.2, 0.25) is 0 Å². The Morgan fingerprint density at radius 3 is 2.05 bits per heavy atom. The van der Waals surface area contributed by atoms with Gasteiger partial charge in [-0.25, -0.2) is 9.97 Å². The van der Waals surface area contributed by atoms with Gasteiger partial charge in [0.05, 0.1) is 11.2 Å². The number of nitrogens with zero attached hydrogens (tertiary/aromatic N) is 2. The lowest BCUT2D eigenvalue weighted by Crippen LogP contribution is -1.99. The van der Waals surface area contributed by atoms with Gasteiger partial charge in [-0.05, 0) is 52.4 Å². The lowest BCUT2D eigenvalue weighted by Gasteiger charge is -2.21. The molecule has 1 aromatic heterocycles. The van der Waals surface area contributed by atoms with Crippen LogP contribution in [0.4, 0.5) is 0 Å². The predicted molar refractivity (Wildman–Crippen MR) is 159 cm³/mol. The van der Waals surface area contributed by atoms with Gasteiger partial charge in [-0.3, -0.25) is 0 Å². The molecular weight excluding hydrogens is 476 g/mol. The Hall–Kier alpha value is -5.28. The molecule has 0 amide bonds. The van der Waals surface area contributed by atoms with Crippen LogP contribution in [0, 0.1) is 0 Å². The molecule has 6 aromatic carbocycles. The van der Waals surface area contributed by atoms with Crippen LogP contribution in [-0.4, -0.2) is 9.97 Å². The van der Waals surface area contributed by atoms with Gasteiger partial charge in [0.2, 0.25) is 0 Å². The fourth-order valence-electron chi connectivity index (χ4n) is 5.58. The van der Waals surface area contributed by atoms with E-state index in [1.807, 2.05) is 36.4 Å². The molecule has 2 heterocycles. The Balaban J connectivity index is 1.28. The van der Waals surface area contributed by atoms with Crippen LogP contribution in [0.25, 0.3) is 66.6 Å². The molecule has 0 N–H and O–H groups in total. The van der Waals surface area contributed by atoms with E-state index < -0.39 is 0 Å². The Morgan fingerprint density at radius 2 is 1.18 bits per heavy atom. The van der Waals surface area contributed by atoms with Crippen molar-refractivity contribution in [3.8, 4) is 56.4 Å². The minimum atomic E-state index is 0.699. The van der Waals surface area contributed by atoms with Crippen molar-refractivity contribution in [2.45, 2.75) is 0 Å². The molecule has 3 nitrogen and oxygen atoms in total. The maximum Gasteiger partial charge on any atom is 0.160 e. The number of hydrogen-bond acceptors (Lipinski definition) is 3. The van der Waals surface area contributed by atoms with Crippen LogP contribution >= 0.6 is 0 Å². The molecule has 7 aromatic rings. The van der Waals surface area contributed by atoms with Crippen LogP contribution in [0.5, 0.6) is 11.5 Å². The van der Waals surface area contributed by atoms with Crippen molar-refractivity contribution in [3.05, 3.63) is 133 Å². The van der Waals surface area contributed by atoms with Crippen molar-refractivity contribution in [2.24, 2.45) is 0 Å². The topological polar surface area (TPSA) is 35.0 Å². The van der Waals surface area contributed by atoms with Crippen molar-refractivity contribution in [3.63, 3.8) is 0 Å². The Bertz CT molecular complexity index is 2020. The minimum Gasteiger partial charge on any atom is -0.456 e. The summed E-state index contributed by atoms with van der Waals surface area (Å²) in [6.07, 6.45) is 0. The fourth-order valence-corrected chi connectivity index (χ4v) is 5.58. The van der Waals surface area contributed by atoms with E-state index in [2.05, 4.69) is 97.1 Å². The maximum atomic E-state index is 6.31. The van der Waals surface area contributed by atoms with Gasteiger partial charge in [0.1, 0.15) is 11.5 Å². The summed E-state index contributed by atoms with van der Waals surface area (Å²) in [6, 6.07) is 46.1. The molecule has 0 fully saturated rings. The summed E-state index contributed by atoms with van der Waals surface area (Å²) < 4.78 is 6.31. The highest BCUT2D eigenvalue weighted by Crippen LogP contribution is 2.47. The number of benzene rings is 6. The monoisotopic (exact) mass is 498 g/mol. The summed E-state index contributed by atoms with van der Waals surface area (Å²) >= 11 is 0. The Labute approximate surface area is 226 Å². The van der Waals surface area contributed by atoms with Gasteiger partial charge in [-0.2, -0.15) is 0 Å². The van der Waals surface area contributed by atoms with E-state index in [4.69, 9.17) is 14.7 Å². The minimum absolute atomic E-state index is 0.699. The van der Waals surface area contributed by atoms with E-state index in [1.54, 1.807) is 0 Å². The summed E-state index contributed by atoms with van der Waals surface area (Å²) in [5.74, 6) is 2.44. The first-order chi connectivity index (χ1) is 19.3. The molecule has 3 heteroatoms. The summed E-state index contributed by atoms with van der Waals surface area (Å²) in [7, 11) is 0. The Kier molecular flexibility index (Phi) is 4.82. The normalized spacial score (nSPS) is 11.8. The molecule has 0 spiro atoms. The number of aromatic nitrogens is 2. The van der Waals surface area contributed by atoms with Gasteiger partial charge in [0.15, 0.2) is 5.82 Å². The van der Waals surface area contributed by atoms with Crippen LogP contribution in [-0.2, 0) is 0 Å². The van der Waals surface area contributed by atoms with Gasteiger partial charge in [0.25, 0.3) is 0 Å². The molecule has 0 unspecified atom stereocenters. The number of hydrogen-bond donors (Lipinski definition) is 0. The second-order valence-electron chi connectivity index (χ2n) is 9.83. The third-order valence-corrected chi connectivity index (χ3v) is 7.48. The molecule has 182 valence electrons. The zero-order chi connectivity index (χ0) is 25.8. The van der Waals surface area contributed by atoms with Crippen molar-refractivity contribution in [1.29, 1.82) is 0 Å². The molecule has 0 atom stereocenters. The van der Waals surface area contributed by atoms with E-state index in [0.29, 0.717) is 5.82 Å². The molecule has 39 heavy (non-hydrogen) atoms. The lowest BCUT2D eigenvalue weighted by atomic mass is 9.93. The first-order valence-electron chi connectivity index (χ1n) is 13.1. The first kappa shape index (κ1) is 21.8. The summed E-state index contributed by atoms with van der Waals surface area (Å²) in [4.78, 5) is 10.1. The zero-order valence-corrected chi connectivity index (χ0v) is 21.0. The number of ether oxygens (including phenoxy) is 1. The van der Waals surface area contributed by atoms with Crippen molar-refractivity contribution in [1.82, 2.24) is 9.97 Å². The highest BCUT2D eigenvalue weighted by molar-refractivity contribution is 6.04. The van der Waals surface area contributed by atoms with Gasteiger partial charge < -0.3 is 4.74 Å². The van der Waals surface area contributed by atoms with Gasteiger partial charge in [0, 0.05) is 27.5 Å². The average Bonchev–Trinajstić information content (AvgIpc) is 3.01. The third kappa shape index (κ3) is 3.59. The van der Waals surface area contributed by atoms with Gasteiger partial charge in [-0.15, -0.1) is 0 Å². The van der Waals surface area contributed by atoms with Crippen LogP contribution in [0.15, 0.2) is 133 Å². The first-order valence-corrected chi connectivity index (χ1v) is 13.1. The smallest absolute Gasteiger partial charge is 0.160 e. The van der Waals surface area contributed by atoms with E-state index in [0.717, 1.165) is 50.2 Å². The SMILES string of the molecule is c1ccc(-c2ccc(-c3nc(-c4ccc5c(c4)-c4cccc6cccc(c46)O5)nc4ccccc34)cc2)cc1.